The van der Waals surface area contributed by atoms with E-state index in [9.17, 15) is 20.1 Å². The molecular weight excluding hydrogens is 268 g/mol. The molecule has 111 valence electrons. The Balaban J connectivity index is 2.57. The van der Waals surface area contributed by atoms with Gasteiger partial charge < -0.3 is 20.4 Å². The Kier molecular flexibility index (Phi) is 6.46. The normalized spacial score (nSPS) is 15.6. The van der Waals surface area contributed by atoms with Gasteiger partial charge in [0, 0.05) is 19.0 Å². The highest BCUT2D eigenvalue weighted by Gasteiger charge is 2.18. The second kappa shape index (κ2) is 7.85. The first-order valence-electron chi connectivity index (χ1n) is 6.09. The van der Waals surface area contributed by atoms with Gasteiger partial charge in [0.1, 0.15) is 12.2 Å². The van der Waals surface area contributed by atoms with Crippen molar-refractivity contribution < 1.29 is 30.3 Å². The molecule has 3 atom stereocenters. The Labute approximate surface area is 115 Å². The summed E-state index contributed by atoms with van der Waals surface area (Å²) in [6.45, 7) is -0.565. The zero-order valence-corrected chi connectivity index (χ0v) is 10.7. The molecule has 1 rings (SSSR count). The highest BCUT2D eigenvalue weighted by molar-refractivity contribution is 5.66. The van der Waals surface area contributed by atoms with Gasteiger partial charge >= 0.3 is 5.97 Å². The third-order valence-corrected chi connectivity index (χ3v) is 2.73. The van der Waals surface area contributed by atoms with Crippen LogP contribution in [0.2, 0.25) is 0 Å². The quantitative estimate of drug-likeness (QED) is 0.483. The van der Waals surface area contributed by atoms with Crippen molar-refractivity contribution in [2.75, 3.05) is 6.61 Å². The number of carboxylic acid groups (broad SMARTS) is 1. The molecule has 1 heterocycles. The minimum Gasteiger partial charge on any atom is -0.481 e. The van der Waals surface area contributed by atoms with Crippen LogP contribution in [-0.4, -0.2) is 55.2 Å². The lowest BCUT2D eigenvalue weighted by atomic mass is 10.1. The van der Waals surface area contributed by atoms with Crippen molar-refractivity contribution in [3.63, 3.8) is 0 Å². The van der Waals surface area contributed by atoms with Crippen LogP contribution in [0.25, 0.3) is 0 Å². The third-order valence-electron chi connectivity index (χ3n) is 2.73. The first kappa shape index (κ1) is 16.4. The van der Waals surface area contributed by atoms with Gasteiger partial charge in [0.2, 0.25) is 0 Å². The predicted molar refractivity (Wildman–Crippen MR) is 65.1 cm³/mol. The zero-order valence-electron chi connectivity index (χ0n) is 10.7. The minimum atomic E-state index is -1.26. The van der Waals surface area contributed by atoms with E-state index in [2.05, 4.69) is 9.97 Å². The molecule has 1 aromatic heterocycles. The van der Waals surface area contributed by atoms with E-state index in [0.717, 1.165) is 0 Å². The lowest BCUT2D eigenvalue weighted by Crippen LogP contribution is -2.31. The zero-order chi connectivity index (χ0) is 15.1. The predicted octanol–water partition coefficient (Wildman–Crippen LogP) is -0.930. The first-order chi connectivity index (χ1) is 9.43. The van der Waals surface area contributed by atoms with Crippen LogP contribution in [0.5, 0.6) is 0 Å². The second-order valence-corrected chi connectivity index (χ2v) is 4.38. The van der Waals surface area contributed by atoms with Crippen molar-refractivity contribution in [3.8, 4) is 0 Å². The molecule has 0 saturated heterocycles. The van der Waals surface area contributed by atoms with E-state index < -0.39 is 30.9 Å². The topological polar surface area (TPSA) is 144 Å². The lowest BCUT2D eigenvalue weighted by Gasteiger charge is -2.15. The van der Waals surface area contributed by atoms with Crippen LogP contribution < -0.4 is 0 Å². The van der Waals surface area contributed by atoms with E-state index in [0.29, 0.717) is 5.69 Å². The van der Waals surface area contributed by atoms with E-state index in [1.807, 2.05) is 0 Å². The number of aliphatic carboxylic acids is 1. The van der Waals surface area contributed by atoms with E-state index in [-0.39, 0.29) is 25.0 Å². The van der Waals surface area contributed by atoms with Crippen molar-refractivity contribution in [3.05, 3.63) is 23.8 Å². The number of carbonyl (C=O) groups is 1. The Morgan fingerprint density at radius 2 is 1.90 bits per heavy atom. The smallest absolute Gasteiger partial charge is 0.303 e. The molecular formula is C12H17N2O6. The van der Waals surface area contributed by atoms with Gasteiger partial charge in [-0.3, -0.25) is 14.8 Å². The standard InChI is InChI=1S/C12H17N2O6/c15-6-11(18)10(17)3-7-4-14-8(5-13-7)9(16)1-2-12(19)20/h4-5,9-11,15,17-18H,1-3,6H2,(H,19,20)/t9?,10-,11+/m0/s1. The van der Waals surface area contributed by atoms with Gasteiger partial charge in [-0.25, -0.2) is 5.11 Å². The summed E-state index contributed by atoms with van der Waals surface area (Å²) in [4.78, 5) is 18.1. The summed E-state index contributed by atoms with van der Waals surface area (Å²) in [5.74, 6) is -1.04. The fourth-order valence-electron chi connectivity index (χ4n) is 1.51. The lowest BCUT2D eigenvalue weighted by molar-refractivity contribution is -0.137. The van der Waals surface area contributed by atoms with Crippen LogP contribution in [-0.2, 0) is 16.3 Å². The summed E-state index contributed by atoms with van der Waals surface area (Å²) in [6, 6.07) is 0. The molecule has 0 aromatic carbocycles. The number of aromatic nitrogens is 2. The van der Waals surface area contributed by atoms with E-state index in [1.165, 1.54) is 12.4 Å². The molecule has 8 nitrogen and oxygen atoms in total. The second-order valence-electron chi connectivity index (χ2n) is 4.38. The van der Waals surface area contributed by atoms with Gasteiger partial charge in [-0.2, -0.15) is 0 Å². The van der Waals surface area contributed by atoms with Crippen LogP contribution >= 0.6 is 0 Å². The molecule has 8 heteroatoms. The van der Waals surface area contributed by atoms with Crippen LogP contribution in [0.4, 0.5) is 0 Å². The van der Waals surface area contributed by atoms with Gasteiger partial charge in [0.15, 0.2) is 0 Å². The average Bonchev–Trinajstić information content (AvgIpc) is 2.44. The molecule has 0 aliphatic heterocycles. The summed E-state index contributed by atoms with van der Waals surface area (Å²) in [5, 5.41) is 47.5. The molecule has 1 radical (unpaired) electrons. The molecule has 20 heavy (non-hydrogen) atoms. The van der Waals surface area contributed by atoms with Gasteiger partial charge in [0.25, 0.3) is 0 Å². The summed E-state index contributed by atoms with van der Waals surface area (Å²) >= 11 is 0. The van der Waals surface area contributed by atoms with Crippen LogP contribution in [0.15, 0.2) is 12.4 Å². The average molecular weight is 285 g/mol. The number of nitrogens with zero attached hydrogens (tertiary/aromatic N) is 2. The van der Waals surface area contributed by atoms with Gasteiger partial charge in [0.05, 0.1) is 30.3 Å². The van der Waals surface area contributed by atoms with Gasteiger partial charge in [-0.1, -0.05) is 0 Å². The minimum absolute atomic E-state index is 0.00629. The number of carboxylic acids is 1. The third kappa shape index (κ3) is 5.17. The molecule has 0 bridgehead atoms. The summed E-state index contributed by atoms with van der Waals surface area (Å²) < 4.78 is 0. The molecule has 0 fully saturated rings. The Morgan fingerprint density at radius 3 is 2.40 bits per heavy atom. The maximum Gasteiger partial charge on any atom is 0.303 e. The van der Waals surface area contributed by atoms with Crippen molar-refractivity contribution in [2.24, 2.45) is 0 Å². The fraction of sp³-hybridized carbons (Fsp3) is 0.583. The molecule has 0 aliphatic carbocycles. The van der Waals surface area contributed by atoms with E-state index >= 15 is 0 Å². The van der Waals surface area contributed by atoms with Crippen molar-refractivity contribution in [1.29, 1.82) is 0 Å². The van der Waals surface area contributed by atoms with Crippen LogP contribution in [0.1, 0.15) is 30.3 Å². The van der Waals surface area contributed by atoms with Crippen molar-refractivity contribution in [2.45, 2.75) is 37.6 Å². The Hall–Kier alpha value is -1.61. The van der Waals surface area contributed by atoms with Crippen LogP contribution in [0.3, 0.4) is 0 Å². The summed E-state index contributed by atoms with van der Waals surface area (Å²) in [7, 11) is 0. The first-order valence-corrected chi connectivity index (χ1v) is 6.09. The molecule has 1 aromatic rings. The van der Waals surface area contributed by atoms with Crippen molar-refractivity contribution >= 4 is 5.97 Å². The maximum absolute atomic E-state index is 11.6. The van der Waals surface area contributed by atoms with Gasteiger partial charge in [-0.15, -0.1) is 0 Å². The Bertz CT molecular complexity index is 424. The monoisotopic (exact) mass is 285 g/mol. The highest BCUT2D eigenvalue weighted by Crippen LogP contribution is 2.16. The van der Waals surface area contributed by atoms with Crippen molar-refractivity contribution in [1.82, 2.24) is 9.97 Å². The van der Waals surface area contributed by atoms with E-state index in [4.69, 9.17) is 10.2 Å². The number of hydrogen-bond acceptors (Lipinski definition) is 6. The number of aliphatic hydroxyl groups is 3. The largest absolute Gasteiger partial charge is 0.481 e. The molecule has 4 N–H and O–H groups in total. The summed E-state index contributed by atoms with van der Waals surface area (Å²) in [6.07, 6.45) is -1.50. The summed E-state index contributed by atoms with van der Waals surface area (Å²) in [5.41, 5.74) is 0.492. The highest BCUT2D eigenvalue weighted by atomic mass is 16.4. The number of aliphatic hydroxyl groups excluding tert-OH is 3. The molecule has 0 amide bonds. The SMILES string of the molecule is [O]C(CCC(=O)O)c1cnc(C[C@H](O)[C@H](O)CO)cn1. The fourth-order valence-corrected chi connectivity index (χ4v) is 1.51. The molecule has 0 spiro atoms. The molecule has 0 aliphatic rings. The number of rotatable bonds is 8. The molecule has 1 unspecified atom stereocenters. The van der Waals surface area contributed by atoms with E-state index in [1.54, 1.807) is 0 Å². The molecule has 0 saturated carbocycles. The number of hydrogen-bond donors (Lipinski definition) is 4. The van der Waals surface area contributed by atoms with Gasteiger partial charge in [-0.05, 0) is 6.42 Å². The van der Waals surface area contributed by atoms with Crippen LogP contribution in [0, 0.1) is 0 Å². The maximum atomic E-state index is 11.6. The Morgan fingerprint density at radius 1 is 1.20 bits per heavy atom.